The summed E-state index contributed by atoms with van der Waals surface area (Å²) in [6.07, 6.45) is 4.06. The van der Waals surface area contributed by atoms with Crippen molar-refractivity contribution in [2.75, 3.05) is 0 Å². The van der Waals surface area contributed by atoms with Gasteiger partial charge in [-0.25, -0.2) is 4.98 Å². The fourth-order valence-electron chi connectivity index (χ4n) is 1.26. The van der Waals surface area contributed by atoms with E-state index in [4.69, 9.17) is 0 Å². The molecule has 2 heterocycles. The Bertz CT molecular complexity index is 462. The highest BCUT2D eigenvalue weighted by molar-refractivity contribution is 5.71. The fourth-order valence-corrected chi connectivity index (χ4v) is 1.26. The molecule has 0 amide bonds. The molecule has 0 bridgehead atoms. The minimum atomic E-state index is 0.342. The Kier molecular flexibility index (Phi) is 2.10. The highest BCUT2D eigenvalue weighted by atomic mass is 16.1. The van der Waals surface area contributed by atoms with Gasteiger partial charge in [0.2, 0.25) is 0 Å². The number of aromatic amines is 1. The SMILES string of the molecule is Cc1cc(-c2cnc(C=O)[nH]2)ccn1. The van der Waals surface area contributed by atoms with Crippen LogP contribution >= 0.6 is 0 Å². The summed E-state index contributed by atoms with van der Waals surface area (Å²) in [5, 5.41) is 0. The molecule has 2 aromatic rings. The first-order valence-corrected chi connectivity index (χ1v) is 4.23. The average molecular weight is 187 g/mol. The molecule has 0 spiro atoms. The second-order valence-corrected chi connectivity index (χ2v) is 2.99. The van der Waals surface area contributed by atoms with Crippen molar-refractivity contribution in [1.82, 2.24) is 15.0 Å². The fraction of sp³-hybridized carbons (Fsp3) is 0.100. The molecule has 0 atom stereocenters. The van der Waals surface area contributed by atoms with Gasteiger partial charge in [0, 0.05) is 17.5 Å². The van der Waals surface area contributed by atoms with E-state index in [1.807, 2.05) is 19.1 Å². The predicted molar refractivity (Wildman–Crippen MR) is 51.9 cm³/mol. The Balaban J connectivity index is 2.43. The van der Waals surface area contributed by atoms with E-state index in [1.165, 1.54) is 0 Å². The van der Waals surface area contributed by atoms with Crippen molar-refractivity contribution in [3.63, 3.8) is 0 Å². The third-order valence-corrected chi connectivity index (χ3v) is 1.91. The normalized spacial score (nSPS) is 10.1. The molecule has 1 N–H and O–H groups in total. The Morgan fingerprint density at radius 2 is 2.29 bits per heavy atom. The van der Waals surface area contributed by atoms with Crippen LogP contribution in [0.25, 0.3) is 11.3 Å². The standard InChI is InChI=1S/C10H9N3O/c1-7-4-8(2-3-11-7)9-5-12-10(6-14)13-9/h2-6H,1H3,(H,12,13). The molecule has 0 unspecified atom stereocenters. The molecule has 0 saturated carbocycles. The van der Waals surface area contributed by atoms with Crippen molar-refractivity contribution in [2.45, 2.75) is 6.92 Å². The lowest BCUT2D eigenvalue weighted by molar-refractivity contribution is 0.111. The molecule has 0 saturated heterocycles. The highest BCUT2D eigenvalue weighted by Gasteiger charge is 2.02. The first-order chi connectivity index (χ1) is 6.79. The van der Waals surface area contributed by atoms with Crippen LogP contribution in [0.3, 0.4) is 0 Å². The number of hydrogen-bond donors (Lipinski definition) is 1. The van der Waals surface area contributed by atoms with Crippen molar-refractivity contribution in [3.8, 4) is 11.3 Å². The number of aromatic nitrogens is 3. The topological polar surface area (TPSA) is 58.6 Å². The molecule has 0 radical (unpaired) electrons. The van der Waals surface area contributed by atoms with Gasteiger partial charge in [0.1, 0.15) is 0 Å². The third-order valence-electron chi connectivity index (χ3n) is 1.91. The maximum Gasteiger partial charge on any atom is 0.185 e. The van der Waals surface area contributed by atoms with Crippen LogP contribution in [0.2, 0.25) is 0 Å². The van der Waals surface area contributed by atoms with Gasteiger partial charge in [-0.05, 0) is 19.1 Å². The lowest BCUT2D eigenvalue weighted by Gasteiger charge is -1.97. The number of carbonyl (C=O) groups is 1. The molecule has 14 heavy (non-hydrogen) atoms. The summed E-state index contributed by atoms with van der Waals surface area (Å²) >= 11 is 0. The maximum atomic E-state index is 10.4. The van der Waals surface area contributed by atoms with Crippen molar-refractivity contribution < 1.29 is 4.79 Å². The Hall–Kier alpha value is -1.97. The van der Waals surface area contributed by atoms with Crippen LogP contribution in [0.5, 0.6) is 0 Å². The number of hydrogen-bond acceptors (Lipinski definition) is 3. The van der Waals surface area contributed by atoms with E-state index < -0.39 is 0 Å². The Labute approximate surface area is 81.0 Å². The number of carbonyl (C=O) groups excluding carboxylic acids is 1. The summed E-state index contributed by atoms with van der Waals surface area (Å²) in [4.78, 5) is 21.3. The lowest BCUT2D eigenvalue weighted by atomic mass is 10.2. The molecule has 0 aliphatic carbocycles. The summed E-state index contributed by atoms with van der Waals surface area (Å²) in [7, 11) is 0. The summed E-state index contributed by atoms with van der Waals surface area (Å²) in [5.41, 5.74) is 2.75. The zero-order valence-corrected chi connectivity index (χ0v) is 7.69. The van der Waals surface area contributed by atoms with Gasteiger partial charge in [0.15, 0.2) is 12.1 Å². The molecular weight excluding hydrogens is 178 g/mol. The van der Waals surface area contributed by atoms with Gasteiger partial charge >= 0.3 is 0 Å². The number of rotatable bonds is 2. The lowest BCUT2D eigenvalue weighted by Crippen LogP contribution is -1.84. The third kappa shape index (κ3) is 1.54. The first-order valence-electron chi connectivity index (χ1n) is 4.23. The van der Waals surface area contributed by atoms with Gasteiger partial charge in [-0.3, -0.25) is 9.78 Å². The van der Waals surface area contributed by atoms with Crippen molar-refractivity contribution >= 4 is 6.29 Å². The van der Waals surface area contributed by atoms with E-state index in [0.717, 1.165) is 17.0 Å². The van der Waals surface area contributed by atoms with Gasteiger partial charge in [0.05, 0.1) is 11.9 Å². The molecule has 2 aromatic heterocycles. The zero-order valence-electron chi connectivity index (χ0n) is 7.69. The van der Waals surface area contributed by atoms with E-state index >= 15 is 0 Å². The van der Waals surface area contributed by atoms with Gasteiger partial charge in [-0.1, -0.05) is 0 Å². The van der Waals surface area contributed by atoms with Gasteiger partial charge in [-0.2, -0.15) is 0 Å². The van der Waals surface area contributed by atoms with E-state index in [9.17, 15) is 4.79 Å². The average Bonchev–Trinajstić information content (AvgIpc) is 2.66. The van der Waals surface area contributed by atoms with E-state index in [2.05, 4.69) is 15.0 Å². The van der Waals surface area contributed by atoms with E-state index in [-0.39, 0.29) is 0 Å². The van der Waals surface area contributed by atoms with Crippen LogP contribution in [0.1, 0.15) is 16.3 Å². The number of nitrogens with one attached hydrogen (secondary N) is 1. The van der Waals surface area contributed by atoms with Crippen LogP contribution in [0, 0.1) is 6.92 Å². The molecule has 4 heteroatoms. The van der Waals surface area contributed by atoms with E-state index in [1.54, 1.807) is 12.4 Å². The van der Waals surface area contributed by atoms with Crippen LogP contribution in [-0.4, -0.2) is 21.2 Å². The Morgan fingerprint density at radius 1 is 1.43 bits per heavy atom. The number of aldehydes is 1. The molecule has 2 rings (SSSR count). The van der Waals surface area contributed by atoms with Crippen molar-refractivity contribution in [2.24, 2.45) is 0 Å². The minimum Gasteiger partial charge on any atom is -0.336 e. The van der Waals surface area contributed by atoms with Crippen molar-refractivity contribution in [3.05, 3.63) is 36.0 Å². The molecule has 0 aromatic carbocycles. The number of aryl methyl sites for hydroxylation is 1. The summed E-state index contributed by atoms with van der Waals surface area (Å²) < 4.78 is 0. The maximum absolute atomic E-state index is 10.4. The summed E-state index contributed by atoms with van der Waals surface area (Å²) in [5.74, 6) is 0.342. The molecule has 4 nitrogen and oxygen atoms in total. The van der Waals surface area contributed by atoms with Gasteiger partial charge < -0.3 is 4.98 Å². The van der Waals surface area contributed by atoms with E-state index in [0.29, 0.717) is 12.1 Å². The number of nitrogens with zero attached hydrogens (tertiary/aromatic N) is 2. The molecule has 0 aliphatic heterocycles. The van der Waals surface area contributed by atoms with Crippen LogP contribution in [0.15, 0.2) is 24.5 Å². The van der Waals surface area contributed by atoms with Gasteiger partial charge in [0.25, 0.3) is 0 Å². The predicted octanol–water partition coefficient (Wildman–Crippen LogP) is 1.59. The molecular formula is C10H9N3O. The smallest absolute Gasteiger partial charge is 0.185 e. The molecule has 70 valence electrons. The summed E-state index contributed by atoms with van der Waals surface area (Å²) in [6, 6.07) is 3.80. The van der Waals surface area contributed by atoms with Crippen LogP contribution < -0.4 is 0 Å². The summed E-state index contributed by atoms with van der Waals surface area (Å²) in [6.45, 7) is 1.92. The monoisotopic (exact) mass is 187 g/mol. The van der Waals surface area contributed by atoms with Gasteiger partial charge in [-0.15, -0.1) is 0 Å². The van der Waals surface area contributed by atoms with Crippen LogP contribution in [-0.2, 0) is 0 Å². The Morgan fingerprint density at radius 3 is 2.93 bits per heavy atom. The largest absolute Gasteiger partial charge is 0.336 e. The molecule has 0 fully saturated rings. The second-order valence-electron chi connectivity index (χ2n) is 2.99. The molecule has 0 aliphatic rings. The number of imidazole rings is 1. The number of H-pyrrole nitrogens is 1. The quantitative estimate of drug-likeness (QED) is 0.726. The second kappa shape index (κ2) is 3.41. The number of pyridine rings is 1. The minimum absolute atomic E-state index is 0.342. The highest BCUT2D eigenvalue weighted by Crippen LogP contribution is 2.16. The first kappa shape index (κ1) is 8.62. The zero-order chi connectivity index (χ0) is 9.97. The van der Waals surface area contributed by atoms with Crippen molar-refractivity contribution in [1.29, 1.82) is 0 Å². The van der Waals surface area contributed by atoms with Crippen LogP contribution in [0.4, 0.5) is 0 Å².